The van der Waals surface area contributed by atoms with Crippen LogP contribution in [0.2, 0.25) is 0 Å². The lowest BCUT2D eigenvalue weighted by atomic mass is 10.1. The van der Waals surface area contributed by atoms with Crippen molar-refractivity contribution in [2.75, 3.05) is 25.3 Å². The van der Waals surface area contributed by atoms with E-state index in [1.807, 2.05) is 6.20 Å². The molecule has 1 aromatic carbocycles. The van der Waals surface area contributed by atoms with Gasteiger partial charge in [-0.25, -0.2) is 14.6 Å². The Morgan fingerprint density at radius 1 is 1.15 bits per heavy atom. The number of hydrogen-bond donors (Lipinski definition) is 1. The third-order valence-corrected chi connectivity index (χ3v) is 4.95. The lowest BCUT2D eigenvalue weighted by Crippen LogP contribution is -2.16. The molecule has 1 saturated carbocycles. The van der Waals surface area contributed by atoms with Crippen LogP contribution in [0.15, 0.2) is 35.7 Å². The number of thioether (sulfide) groups is 1. The first-order valence-corrected chi connectivity index (χ1v) is 9.27. The Morgan fingerprint density at radius 3 is 2.33 bits per heavy atom. The zero-order valence-electron chi connectivity index (χ0n) is 14.9. The zero-order chi connectivity index (χ0) is 19.4. The molecule has 1 heterocycles. The summed E-state index contributed by atoms with van der Waals surface area (Å²) in [5.74, 6) is -1.35. The number of rotatable bonds is 7. The van der Waals surface area contributed by atoms with Crippen LogP contribution in [0, 0.1) is 0 Å². The number of ether oxygens (including phenoxy) is 2. The largest absolute Gasteiger partial charge is 0.465 e. The zero-order valence-corrected chi connectivity index (χ0v) is 15.7. The minimum atomic E-state index is -0.614. The van der Waals surface area contributed by atoms with Gasteiger partial charge in [0.25, 0.3) is 0 Å². The van der Waals surface area contributed by atoms with Crippen molar-refractivity contribution in [3.63, 3.8) is 0 Å². The smallest absolute Gasteiger partial charge is 0.337 e. The highest BCUT2D eigenvalue weighted by atomic mass is 32.2. The molecule has 1 aliphatic carbocycles. The molecule has 9 heteroatoms. The van der Waals surface area contributed by atoms with E-state index in [9.17, 15) is 14.4 Å². The Kier molecular flexibility index (Phi) is 5.80. The number of amides is 1. The van der Waals surface area contributed by atoms with Crippen LogP contribution in [-0.2, 0) is 14.3 Å². The molecule has 8 nitrogen and oxygen atoms in total. The summed E-state index contributed by atoms with van der Waals surface area (Å²) in [6, 6.07) is 4.74. The SMILES string of the molecule is COC(=O)c1cc(NC(=O)CSc2nccn2C2CC2)cc(C(=O)OC)c1. The average Bonchev–Trinajstić information content (AvgIpc) is 3.42. The van der Waals surface area contributed by atoms with Crippen LogP contribution in [0.25, 0.3) is 0 Å². The molecule has 0 aliphatic heterocycles. The second-order valence-corrected chi connectivity index (χ2v) is 6.91. The maximum atomic E-state index is 12.3. The summed E-state index contributed by atoms with van der Waals surface area (Å²) in [7, 11) is 2.48. The number of anilines is 1. The third kappa shape index (κ3) is 4.68. The van der Waals surface area contributed by atoms with Crippen LogP contribution in [0.5, 0.6) is 0 Å². The topological polar surface area (TPSA) is 99.5 Å². The molecule has 1 aromatic heterocycles. The molecule has 0 bridgehead atoms. The van der Waals surface area contributed by atoms with E-state index in [-0.39, 0.29) is 22.8 Å². The molecule has 1 fully saturated rings. The van der Waals surface area contributed by atoms with Gasteiger partial charge in [-0.1, -0.05) is 11.8 Å². The lowest BCUT2D eigenvalue weighted by molar-refractivity contribution is -0.113. The number of esters is 2. The van der Waals surface area contributed by atoms with Gasteiger partial charge in [0.15, 0.2) is 5.16 Å². The minimum Gasteiger partial charge on any atom is -0.465 e. The fraction of sp³-hybridized carbons (Fsp3) is 0.333. The molecule has 0 saturated heterocycles. The fourth-order valence-corrected chi connectivity index (χ4v) is 3.37. The van der Waals surface area contributed by atoms with E-state index in [1.54, 1.807) is 6.20 Å². The number of methoxy groups -OCH3 is 2. The van der Waals surface area contributed by atoms with E-state index in [0.717, 1.165) is 18.0 Å². The molecule has 0 spiro atoms. The number of nitrogens with zero attached hydrogens (tertiary/aromatic N) is 2. The Labute approximate surface area is 160 Å². The van der Waals surface area contributed by atoms with Crippen molar-refractivity contribution >= 4 is 35.3 Å². The maximum Gasteiger partial charge on any atom is 0.337 e. The standard InChI is InChI=1S/C18H19N3O5S/c1-25-16(23)11-7-12(17(24)26-2)9-13(8-11)20-15(22)10-27-18-19-5-6-21(18)14-3-4-14/h5-9,14H,3-4,10H2,1-2H3,(H,20,22). The Bertz CT molecular complexity index is 841. The quantitative estimate of drug-likeness (QED) is 0.574. The predicted octanol–water partition coefficient (Wildman–Crippen LogP) is 2.52. The normalized spacial score (nSPS) is 13.1. The van der Waals surface area contributed by atoms with Crippen LogP contribution in [0.4, 0.5) is 5.69 Å². The van der Waals surface area contributed by atoms with E-state index in [1.165, 1.54) is 44.2 Å². The highest BCUT2D eigenvalue weighted by Gasteiger charge is 2.25. The van der Waals surface area contributed by atoms with Gasteiger partial charge in [0, 0.05) is 24.1 Å². The van der Waals surface area contributed by atoms with Gasteiger partial charge in [-0.05, 0) is 31.0 Å². The van der Waals surface area contributed by atoms with Gasteiger partial charge in [-0.15, -0.1) is 0 Å². The first kappa shape index (κ1) is 19.0. The van der Waals surface area contributed by atoms with Crippen LogP contribution < -0.4 is 5.32 Å². The first-order valence-electron chi connectivity index (χ1n) is 8.29. The van der Waals surface area contributed by atoms with Gasteiger partial charge in [0.1, 0.15) is 0 Å². The van der Waals surface area contributed by atoms with Crippen molar-refractivity contribution in [1.29, 1.82) is 0 Å². The van der Waals surface area contributed by atoms with Crippen molar-refractivity contribution in [3.05, 3.63) is 41.7 Å². The Morgan fingerprint density at radius 2 is 1.78 bits per heavy atom. The number of imidazole rings is 1. The van der Waals surface area contributed by atoms with Crippen molar-refractivity contribution in [2.24, 2.45) is 0 Å². The van der Waals surface area contributed by atoms with Crippen molar-refractivity contribution in [2.45, 2.75) is 24.0 Å². The molecule has 1 amide bonds. The number of hydrogen-bond acceptors (Lipinski definition) is 7. The van der Waals surface area contributed by atoms with Crippen LogP contribution in [0.3, 0.4) is 0 Å². The van der Waals surface area contributed by atoms with Crippen molar-refractivity contribution in [1.82, 2.24) is 9.55 Å². The van der Waals surface area contributed by atoms with Gasteiger partial charge in [0.2, 0.25) is 5.91 Å². The summed E-state index contributed by atoms with van der Waals surface area (Å²) >= 11 is 1.34. The van der Waals surface area contributed by atoms with Gasteiger partial charge >= 0.3 is 11.9 Å². The number of carbonyl (C=O) groups excluding carboxylic acids is 3. The third-order valence-electron chi connectivity index (χ3n) is 3.96. The number of benzene rings is 1. The van der Waals surface area contributed by atoms with Crippen LogP contribution >= 0.6 is 11.8 Å². The molecule has 3 rings (SSSR count). The Hall–Kier alpha value is -2.81. The monoisotopic (exact) mass is 389 g/mol. The summed E-state index contributed by atoms with van der Waals surface area (Å²) in [5.41, 5.74) is 0.606. The van der Waals surface area contributed by atoms with Crippen LogP contribution in [-0.4, -0.2) is 47.4 Å². The van der Waals surface area contributed by atoms with Gasteiger partial charge in [0.05, 0.1) is 31.1 Å². The molecule has 0 atom stereocenters. The van der Waals surface area contributed by atoms with Crippen molar-refractivity contribution in [3.8, 4) is 0 Å². The number of carbonyl (C=O) groups is 3. The molecule has 2 aromatic rings. The summed E-state index contributed by atoms with van der Waals surface area (Å²) in [4.78, 5) is 40.2. The molecule has 0 unspecified atom stereocenters. The summed E-state index contributed by atoms with van der Waals surface area (Å²) in [6.07, 6.45) is 5.90. The van der Waals surface area contributed by atoms with Gasteiger partial charge < -0.3 is 19.4 Å². The van der Waals surface area contributed by atoms with Crippen LogP contribution in [0.1, 0.15) is 39.6 Å². The highest BCUT2D eigenvalue weighted by molar-refractivity contribution is 7.99. The number of aromatic nitrogens is 2. The molecule has 1 N–H and O–H groups in total. The molecule has 27 heavy (non-hydrogen) atoms. The maximum absolute atomic E-state index is 12.3. The molecular formula is C18H19N3O5S. The van der Waals surface area contributed by atoms with E-state index in [4.69, 9.17) is 0 Å². The molecule has 1 aliphatic rings. The van der Waals surface area contributed by atoms with Gasteiger partial charge in [-0.2, -0.15) is 0 Å². The average molecular weight is 389 g/mol. The van der Waals surface area contributed by atoms with Crippen molar-refractivity contribution < 1.29 is 23.9 Å². The molecule has 142 valence electrons. The lowest BCUT2D eigenvalue weighted by Gasteiger charge is -2.10. The summed E-state index contributed by atoms with van der Waals surface area (Å²) in [6.45, 7) is 0. The van der Waals surface area contributed by atoms with E-state index < -0.39 is 11.9 Å². The molecule has 0 radical (unpaired) electrons. The predicted molar refractivity (Wildman–Crippen MR) is 99.0 cm³/mol. The first-order chi connectivity index (χ1) is 13.0. The number of nitrogens with one attached hydrogen (secondary N) is 1. The van der Waals surface area contributed by atoms with E-state index in [0.29, 0.717) is 11.7 Å². The second kappa shape index (κ2) is 8.26. The summed E-state index contributed by atoms with van der Waals surface area (Å²) in [5, 5.41) is 3.49. The second-order valence-electron chi connectivity index (χ2n) is 5.97. The Balaban J connectivity index is 1.69. The van der Waals surface area contributed by atoms with Gasteiger partial charge in [-0.3, -0.25) is 4.79 Å². The fourth-order valence-electron chi connectivity index (χ4n) is 2.54. The highest BCUT2D eigenvalue weighted by Crippen LogP contribution is 2.37. The minimum absolute atomic E-state index is 0.146. The van der Waals surface area contributed by atoms with E-state index in [2.05, 4.69) is 24.3 Å². The molecular weight excluding hydrogens is 370 g/mol. The van der Waals surface area contributed by atoms with E-state index >= 15 is 0 Å². The summed E-state index contributed by atoms with van der Waals surface area (Å²) < 4.78 is 11.4.